The summed E-state index contributed by atoms with van der Waals surface area (Å²) in [5.41, 5.74) is 2.50. The van der Waals surface area contributed by atoms with Gasteiger partial charge in [0.25, 0.3) is 0 Å². The number of hydrogen-bond donors (Lipinski definition) is 1. The zero-order valence-electron chi connectivity index (χ0n) is 11.4. The summed E-state index contributed by atoms with van der Waals surface area (Å²) in [6, 6.07) is 1.99. The number of aromatic carboxylic acids is 1. The molecule has 0 aliphatic rings. The molecular weight excluding hydrogens is 256 g/mol. The first-order valence-corrected chi connectivity index (χ1v) is 6.38. The summed E-state index contributed by atoms with van der Waals surface area (Å²) in [5.74, 6) is -1.08. The monoisotopic (exact) mass is 272 g/mol. The highest BCUT2D eigenvalue weighted by molar-refractivity contribution is 5.84. The Kier molecular flexibility index (Phi) is 4.24. The third kappa shape index (κ3) is 3.28. The molecule has 0 radical (unpaired) electrons. The first-order chi connectivity index (χ1) is 9.60. The Morgan fingerprint density at radius 3 is 2.75 bits per heavy atom. The van der Waals surface area contributed by atoms with Gasteiger partial charge >= 0.3 is 5.97 Å². The SMILES string of the molecule is CCCn1nc(C)cc1/C=C/c1cnc(C(=O)O)cn1. The van der Waals surface area contributed by atoms with Crippen LogP contribution < -0.4 is 0 Å². The van der Waals surface area contributed by atoms with Crippen LogP contribution >= 0.6 is 0 Å². The average molecular weight is 272 g/mol. The van der Waals surface area contributed by atoms with Crippen molar-refractivity contribution in [2.24, 2.45) is 0 Å². The van der Waals surface area contributed by atoms with Gasteiger partial charge in [0.05, 0.1) is 29.5 Å². The summed E-state index contributed by atoms with van der Waals surface area (Å²) in [4.78, 5) is 18.5. The van der Waals surface area contributed by atoms with Crippen molar-refractivity contribution in [2.75, 3.05) is 0 Å². The lowest BCUT2D eigenvalue weighted by Crippen LogP contribution is -2.02. The molecule has 0 spiro atoms. The van der Waals surface area contributed by atoms with Crippen molar-refractivity contribution in [1.82, 2.24) is 19.7 Å². The fourth-order valence-corrected chi connectivity index (χ4v) is 1.80. The summed E-state index contributed by atoms with van der Waals surface area (Å²) >= 11 is 0. The van der Waals surface area contributed by atoms with Crippen LogP contribution in [0.4, 0.5) is 0 Å². The van der Waals surface area contributed by atoms with E-state index in [4.69, 9.17) is 5.11 Å². The highest BCUT2D eigenvalue weighted by Gasteiger charge is 2.04. The van der Waals surface area contributed by atoms with Gasteiger partial charge < -0.3 is 5.11 Å². The van der Waals surface area contributed by atoms with Gasteiger partial charge in [-0.3, -0.25) is 9.67 Å². The van der Waals surface area contributed by atoms with Gasteiger partial charge in [0.15, 0.2) is 5.69 Å². The fraction of sp³-hybridized carbons (Fsp3) is 0.286. The summed E-state index contributed by atoms with van der Waals surface area (Å²) < 4.78 is 1.94. The van der Waals surface area contributed by atoms with Crippen LogP contribution in [0.3, 0.4) is 0 Å². The molecule has 0 saturated heterocycles. The van der Waals surface area contributed by atoms with Gasteiger partial charge in [-0.25, -0.2) is 9.78 Å². The van der Waals surface area contributed by atoms with Crippen molar-refractivity contribution < 1.29 is 9.90 Å². The third-order valence-electron chi connectivity index (χ3n) is 2.68. The van der Waals surface area contributed by atoms with Crippen molar-refractivity contribution in [2.45, 2.75) is 26.8 Å². The first kappa shape index (κ1) is 13.9. The van der Waals surface area contributed by atoms with Crippen LogP contribution in [-0.4, -0.2) is 30.8 Å². The normalized spacial score (nSPS) is 11.1. The molecule has 2 aromatic heterocycles. The van der Waals surface area contributed by atoms with Gasteiger partial charge in [-0.1, -0.05) is 6.92 Å². The van der Waals surface area contributed by atoms with E-state index in [0.717, 1.165) is 24.4 Å². The van der Waals surface area contributed by atoms with Gasteiger partial charge in [0.1, 0.15) is 0 Å². The molecule has 104 valence electrons. The zero-order chi connectivity index (χ0) is 14.5. The van der Waals surface area contributed by atoms with Crippen LogP contribution in [0.2, 0.25) is 0 Å². The van der Waals surface area contributed by atoms with E-state index in [1.165, 1.54) is 12.4 Å². The van der Waals surface area contributed by atoms with Gasteiger partial charge in [-0.05, 0) is 31.6 Å². The standard InChI is InChI=1S/C14H16N4O2/c1-3-6-18-12(7-10(2)17-18)5-4-11-8-16-13(9-15-11)14(19)20/h4-5,7-9H,3,6H2,1-2H3,(H,19,20)/b5-4+. The Morgan fingerprint density at radius 2 is 2.15 bits per heavy atom. The smallest absolute Gasteiger partial charge is 0.356 e. The molecule has 0 fully saturated rings. The predicted octanol–water partition coefficient (Wildman–Crippen LogP) is 2.26. The molecule has 2 rings (SSSR count). The van der Waals surface area contributed by atoms with Crippen LogP contribution in [0.15, 0.2) is 18.5 Å². The molecule has 0 bridgehead atoms. The summed E-state index contributed by atoms with van der Waals surface area (Å²) in [5, 5.41) is 13.2. The zero-order valence-corrected chi connectivity index (χ0v) is 11.4. The quantitative estimate of drug-likeness (QED) is 0.902. The van der Waals surface area contributed by atoms with E-state index < -0.39 is 5.97 Å². The lowest BCUT2D eigenvalue weighted by atomic mass is 10.3. The lowest BCUT2D eigenvalue weighted by Gasteiger charge is -2.01. The van der Waals surface area contributed by atoms with Crippen molar-refractivity contribution in [1.29, 1.82) is 0 Å². The highest BCUT2D eigenvalue weighted by atomic mass is 16.4. The number of rotatable bonds is 5. The van der Waals surface area contributed by atoms with Crippen molar-refractivity contribution in [3.05, 3.63) is 41.2 Å². The van der Waals surface area contributed by atoms with Crippen LogP contribution in [-0.2, 0) is 6.54 Å². The maximum atomic E-state index is 10.7. The van der Waals surface area contributed by atoms with E-state index in [1.807, 2.05) is 23.7 Å². The van der Waals surface area contributed by atoms with Gasteiger partial charge in [-0.2, -0.15) is 5.10 Å². The van der Waals surface area contributed by atoms with Crippen LogP contribution in [0, 0.1) is 6.92 Å². The molecule has 0 atom stereocenters. The summed E-state index contributed by atoms with van der Waals surface area (Å²) in [6.07, 6.45) is 7.39. The number of carboxylic acids is 1. The second-order valence-corrected chi connectivity index (χ2v) is 4.40. The topological polar surface area (TPSA) is 80.9 Å². The largest absolute Gasteiger partial charge is 0.476 e. The molecule has 20 heavy (non-hydrogen) atoms. The summed E-state index contributed by atoms with van der Waals surface area (Å²) in [6.45, 7) is 4.91. The van der Waals surface area contributed by atoms with Crippen molar-refractivity contribution >= 4 is 18.1 Å². The maximum Gasteiger partial charge on any atom is 0.356 e. The minimum Gasteiger partial charge on any atom is -0.476 e. The van der Waals surface area contributed by atoms with Gasteiger partial charge in [-0.15, -0.1) is 0 Å². The number of carbonyl (C=O) groups is 1. The molecule has 0 aliphatic carbocycles. The molecule has 0 aliphatic heterocycles. The number of carboxylic acid groups (broad SMARTS) is 1. The third-order valence-corrected chi connectivity index (χ3v) is 2.68. The fourth-order valence-electron chi connectivity index (χ4n) is 1.80. The number of aryl methyl sites for hydroxylation is 2. The second kappa shape index (κ2) is 6.10. The van der Waals surface area contributed by atoms with E-state index in [-0.39, 0.29) is 5.69 Å². The molecule has 0 saturated carbocycles. The van der Waals surface area contributed by atoms with E-state index in [9.17, 15) is 4.79 Å². The Balaban J connectivity index is 2.18. The number of aromatic nitrogens is 4. The Morgan fingerprint density at radius 1 is 1.35 bits per heavy atom. The minimum atomic E-state index is -1.08. The maximum absolute atomic E-state index is 10.7. The van der Waals surface area contributed by atoms with E-state index in [2.05, 4.69) is 22.0 Å². The molecule has 2 aromatic rings. The van der Waals surface area contributed by atoms with Crippen molar-refractivity contribution in [3.8, 4) is 0 Å². The van der Waals surface area contributed by atoms with Crippen LogP contribution in [0.25, 0.3) is 12.2 Å². The first-order valence-electron chi connectivity index (χ1n) is 6.38. The van der Waals surface area contributed by atoms with Crippen molar-refractivity contribution in [3.63, 3.8) is 0 Å². The van der Waals surface area contributed by atoms with Crippen LogP contribution in [0.1, 0.15) is 40.9 Å². The van der Waals surface area contributed by atoms with Gasteiger partial charge in [0.2, 0.25) is 0 Å². The van der Waals surface area contributed by atoms with Crippen LogP contribution in [0.5, 0.6) is 0 Å². The lowest BCUT2D eigenvalue weighted by molar-refractivity contribution is 0.0690. The molecule has 2 heterocycles. The Labute approximate surface area is 116 Å². The van der Waals surface area contributed by atoms with Gasteiger partial charge in [0, 0.05) is 6.54 Å². The number of nitrogens with zero attached hydrogens (tertiary/aromatic N) is 4. The Hall–Kier alpha value is -2.50. The molecule has 0 unspecified atom stereocenters. The second-order valence-electron chi connectivity index (χ2n) is 4.40. The average Bonchev–Trinajstić information content (AvgIpc) is 2.77. The molecule has 6 heteroatoms. The molecule has 1 N–H and O–H groups in total. The molecular formula is C14H16N4O2. The van der Waals surface area contributed by atoms with E-state index in [1.54, 1.807) is 6.08 Å². The number of hydrogen-bond acceptors (Lipinski definition) is 4. The molecule has 0 aromatic carbocycles. The van der Waals surface area contributed by atoms with E-state index >= 15 is 0 Å². The molecule has 6 nitrogen and oxygen atoms in total. The molecule has 0 amide bonds. The highest BCUT2D eigenvalue weighted by Crippen LogP contribution is 2.09. The predicted molar refractivity (Wildman–Crippen MR) is 75.2 cm³/mol. The summed E-state index contributed by atoms with van der Waals surface area (Å²) in [7, 11) is 0. The minimum absolute atomic E-state index is 0.0611. The Bertz CT molecular complexity index is 629. The van der Waals surface area contributed by atoms with E-state index in [0.29, 0.717) is 5.69 Å².